The summed E-state index contributed by atoms with van der Waals surface area (Å²) in [6.45, 7) is 6.82. The van der Waals surface area contributed by atoms with Crippen molar-refractivity contribution < 1.29 is 9.66 Å². The molecule has 0 amide bonds. The van der Waals surface area contributed by atoms with Gasteiger partial charge in [0.15, 0.2) is 0 Å². The zero-order valence-electron chi connectivity index (χ0n) is 16.8. The van der Waals surface area contributed by atoms with Crippen LogP contribution in [0.15, 0.2) is 72.8 Å². The molecular weight excluding hydrogens is 366 g/mol. The molecule has 0 bridgehead atoms. The Kier molecular flexibility index (Phi) is 6.14. The molecule has 0 saturated heterocycles. The first-order valence-electron chi connectivity index (χ1n) is 9.42. The van der Waals surface area contributed by atoms with Gasteiger partial charge in [-0.05, 0) is 41.3 Å². The van der Waals surface area contributed by atoms with E-state index in [1.54, 1.807) is 6.07 Å². The molecule has 3 aromatic carbocycles. The van der Waals surface area contributed by atoms with E-state index in [1.807, 2.05) is 54.6 Å². The van der Waals surface area contributed by atoms with Crippen LogP contribution in [0.3, 0.4) is 0 Å². The molecular formula is C23H25N3O3. The monoisotopic (exact) mass is 391 g/mol. The minimum Gasteiger partial charge on any atom is -0.457 e. The Balaban J connectivity index is 1.77. The maximum atomic E-state index is 11.2. The molecule has 150 valence electrons. The van der Waals surface area contributed by atoms with Crippen LogP contribution in [-0.4, -0.2) is 4.92 Å². The molecule has 0 aliphatic carbocycles. The highest BCUT2D eigenvalue weighted by Crippen LogP contribution is 2.30. The summed E-state index contributed by atoms with van der Waals surface area (Å²) in [6.07, 6.45) is 0. The van der Waals surface area contributed by atoms with Gasteiger partial charge in [0.2, 0.25) is 0 Å². The predicted molar refractivity (Wildman–Crippen MR) is 115 cm³/mol. The first kappa shape index (κ1) is 20.4. The number of rotatable bonds is 7. The van der Waals surface area contributed by atoms with Crippen LogP contribution in [0.25, 0.3) is 0 Å². The van der Waals surface area contributed by atoms with Gasteiger partial charge < -0.3 is 10.2 Å². The molecule has 2 N–H and O–H groups in total. The van der Waals surface area contributed by atoms with Crippen molar-refractivity contribution in [3.8, 4) is 11.5 Å². The van der Waals surface area contributed by atoms with Gasteiger partial charge >= 0.3 is 0 Å². The predicted octanol–water partition coefficient (Wildman–Crippen LogP) is 5.80. The van der Waals surface area contributed by atoms with Gasteiger partial charge in [0.05, 0.1) is 4.92 Å². The normalized spacial score (nSPS) is 11.1. The minimum absolute atomic E-state index is 0.0249. The summed E-state index contributed by atoms with van der Waals surface area (Å²) in [4.78, 5) is 10.8. The number of non-ortho nitro benzene ring substituents is 1. The lowest BCUT2D eigenvalue weighted by Crippen LogP contribution is -2.21. The van der Waals surface area contributed by atoms with Crippen LogP contribution in [0.1, 0.15) is 31.9 Å². The Morgan fingerprint density at radius 3 is 2.28 bits per heavy atom. The van der Waals surface area contributed by atoms with E-state index in [0.717, 1.165) is 5.69 Å². The first-order chi connectivity index (χ1) is 13.8. The van der Waals surface area contributed by atoms with Gasteiger partial charge in [-0.15, -0.1) is 0 Å². The van der Waals surface area contributed by atoms with Gasteiger partial charge in [-0.1, -0.05) is 51.1 Å². The third-order valence-corrected chi connectivity index (χ3v) is 4.49. The Labute approximate surface area is 170 Å². The smallest absolute Gasteiger partial charge is 0.270 e. The Bertz CT molecular complexity index is 965. The minimum atomic E-state index is -0.407. The molecule has 0 aliphatic heterocycles. The van der Waals surface area contributed by atoms with Gasteiger partial charge in [-0.2, -0.15) is 0 Å². The number of hydrogen-bond donors (Lipinski definition) is 2. The highest BCUT2D eigenvalue weighted by Gasteiger charge is 2.15. The van der Waals surface area contributed by atoms with Crippen molar-refractivity contribution in [1.29, 1.82) is 0 Å². The summed E-state index contributed by atoms with van der Waals surface area (Å²) in [6, 6.07) is 22.2. The number of nitrogens with zero attached hydrogens (tertiary/aromatic N) is 1. The van der Waals surface area contributed by atoms with Crippen molar-refractivity contribution in [2.75, 3.05) is 5.43 Å². The van der Waals surface area contributed by atoms with E-state index < -0.39 is 4.92 Å². The molecule has 6 heteroatoms. The van der Waals surface area contributed by atoms with Crippen LogP contribution >= 0.6 is 0 Å². The molecule has 0 saturated carbocycles. The lowest BCUT2D eigenvalue weighted by Gasteiger charge is -2.19. The third-order valence-electron chi connectivity index (χ3n) is 4.49. The van der Waals surface area contributed by atoms with Crippen LogP contribution < -0.4 is 15.6 Å². The first-order valence-corrected chi connectivity index (χ1v) is 9.42. The highest BCUT2D eigenvalue weighted by atomic mass is 16.6. The molecule has 0 aromatic heterocycles. The molecule has 0 fully saturated rings. The molecule has 29 heavy (non-hydrogen) atoms. The molecule has 0 atom stereocenters. The summed E-state index contributed by atoms with van der Waals surface area (Å²) in [7, 11) is 0. The topological polar surface area (TPSA) is 76.4 Å². The van der Waals surface area contributed by atoms with E-state index in [1.165, 1.54) is 17.7 Å². The van der Waals surface area contributed by atoms with Crippen molar-refractivity contribution in [2.24, 2.45) is 0 Å². The number of nitro groups is 1. The van der Waals surface area contributed by atoms with E-state index in [0.29, 0.717) is 23.6 Å². The van der Waals surface area contributed by atoms with Crippen LogP contribution in [0.4, 0.5) is 11.4 Å². The second-order valence-corrected chi connectivity index (χ2v) is 7.77. The van der Waals surface area contributed by atoms with Gasteiger partial charge in [0.25, 0.3) is 5.69 Å². The number of hydrogen-bond acceptors (Lipinski definition) is 5. The van der Waals surface area contributed by atoms with Crippen LogP contribution in [0, 0.1) is 10.1 Å². The number of nitrogens with one attached hydrogen (secondary N) is 2. The zero-order chi connectivity index (χ0) is 20.9. The van der Waals surface area contributed by atoms with E-state index in [-0.39, 0.29) is 11.1 Å². The van der Waals surface area contributed by atoms with E-state index in [2.05, 4.69) is 31.6 Å². The van der Waals surface area contributed by atoms with E-state index in [9.17, 15) is 10.1 Å². The maximum Gasteiger partial charge on any atom is 0.270 e. The molecule has 0 heterocycles. The Morgan fingerprint density at radius 2 is 1.66 bits per heavy atom. The highest BCUT2D eigenvalue weighted by molar-refractivity contribution is 5.47. The molecule has 6 nitrogen and oxygen atoms in total. The number of anilines is 1. The maximum absolute atomic E-state index is 11.2. The molecule has 0 aliphatic rings. The van der Waals surface area contributed by atoms with Crippen molar-refractivity contribution in [2.45, 2.75) is 32.7 Å². The lowest BCUT2D eigenvalue weighted by atomic mass is 9.87. The van der Waals surface area contributed by atoms with Crippen molar-refractivity contribution >= 4 is 11.4 Å². The van der Waals surface area contributed by atoms with Crippen molar-refractivity contribution in [3.63, 3.8) is 0 Å². The molecule has 0 radical (unpaired) electrons. The number of hydrazine groups is 1. The van der Waals surface area contributed by atoms with E-state index in [4.69, 9.17) is 4.74 Å². The average Bonchev–Trinajstić information content (AvgIpc) is 2.69. The summed E-state index contributed by atoms with van der Waals surface area (Å²) in [5.74, 6) is 1.26. The van der Waals surface area contributed by atoms with Gasteiger partial charge in [0.1, 0.15) is 11.5 Å². The Morgan fingerprint density at radius 1 is 0.966 bits per heavy atom. The summed E-state index contributed by atoms with van der Waals surface area (Å²) >= 11 is 0. The van der Waals surface area contributed by atoms with Gasteiger partial charge in [-0.25, -0.2) is 5.43 Å². The van der Waals surface area contributed by atoms with Gasteiger partial charge in [0, 0.05) is 29.9 Å². The number of para-hydroxylation sites is 1. The number of benzene rings is 3. The summed E-state index contributed by atoms with van der Waals surface area (Å²) in [5.41, 5.74) is 9.05. The number of ether oxygens (including phenoxy) is 1. The number of nitro benzene ring substituents is 1. The fourth-order valence-electron chi connectivity index (χ4n) is 2.83. The molecule has 0 unspecified atom stereocenters. The second kappa shape index (κ2) is 8.75. The van der Waals surface area contributed by atoms with Crippen molar-refractivity contribution in [3.05, 3.63) is 94.0 Å². The second-order valence-electron chi connectivity index (χ2n) is 7.77. The molecule has 0 spiro atoms. The summed E-state index contributed by atoms with van der Waals surface area (Å²) in [5, 5.41) is 11.2. The standard InChI is InChI=1S/C23H25N3O3/c1-23(2,3)18-9-12-21(13-10-18)29-22-14-11-20(26(27)28)15-17(22)16-24-25-19-7-5-4-6-8-19/h4-15,24-25H,16H2,1-3H3. The molecule has 3 rings (SSSR count). The summed E-state index contributed by atoms with van der Waals surface area (Å²) < 4.78 is 6.02. The zero-order valence-corrected chi connectivity index (χ0v) is 16.8. The van der Waals surface area contributed by atoms with E-state index >= 15 is 0 Å². The van der Waals surface area contributed by atoms with Gasteiger partial charge in [-0.3, -0.25) is 10.1 Å². The fourth-order valence-corrected chi connectivity index (χ4v) is 2.83. The average molecular weight is 391 g/mol. The Hall–Kier alpha value is -3.38. The van der Waals surface area contributed by atoms with Crippen LogP contribution in [0.5, 0.6) is 11.5 Å². The largest absolute Gasteiger partial charge is 0.457 e. The third kappa shape index (κ3) is 5.56. The SMILES string of the molecule is CC(C)(C)c1ccc(Oc2ccc([N+](=O)[O-])cc2CNNc2ccccc2)cc1. The molecule has 3 aromatic rings. The quantitative estimate of drug-likeness (QED) is 0.393. The van der Waals surface area contributed by atoms with Crippen molar-refractivity contribution in [1.82, 2.24) is 5.43 Å². The fraction of sp³-hybridized carbons (Fsp3) is 0.217. The lowest BCUT2D eigenvalue weighted by molar-refractivity contribution is -0.384. The van der Waals surface area contributed by atoms with Crippen LogP contribution in [0.2, 0.25) is 0 Å². The van der Waals surface area contributed by atoms with Crippen LogP contribution in [-0.2, 0) is 12.0 Å².